The highest BCUT2D eigenvalue weighted by Crippen LogP contribution is 2.46. The number of carboxylic acid groups (broad SMARTS) is 1. The van der Waals surface area contributed by atoms with Crippen LogP contribution in [0.3, 0.4) is 0 Å². The normalized spacial score (nSPS) is 14.6. The van der Waals surface area contributed by atoms with Gasteiger partial charge in [0.15, 0.2) is 0 Å². The highest BCUT2D eigenvalue weighted by molar-refractivity contribution is 6.02. The number of carbonyl (C=O) groups is 1. The van der Waals surface area contributed by atoms with E-state index in [4.69, 9.17) is 9.84 Å². The third-order valence-corrected chi connectivity index (χ3v) is 6.84. The standard InChI is InChI=1S/C29H26FN3O3/c1-17-22(14-15-31-29(17)36-2)27(19-4-3-5-19)26(20-9-6-18(7-10-20)8-13-25(34)35)21-11-12-24-23(16-21)28(30)33-32-24/h6-16,19H,3-5H2,1-2H3,(H,32,33)(H,34,35)/b13-8+,27-26?. The molecule has 182 valence electrons. The molecule has 6 nitrogen and oxygen atoms in total. The molecular formula is C29H26FN3O3. The Hall–Kier alpha value is -4.26. The Bertz CT molecular complexity index is 1500. The molecule has 2 aromatic carbocycles. The van der Waals surface area contributed by atoms with Crippen molar-refractivity contribution in [3.8, 4) is 5.88 Å². The van der Waals surface area contributed by atoms with Gasteiger partial charge in [0.2, 0.25) is 11.8 Å². The number of methoxy groups -OCH3 is 1. The van der Waals surface area contributed by atoms with E-state index < -0.39 is 11.9 Å². The van der Waals surface area contributed by atoms with E-state index in [-0.39, 0.29) is 0 Å². The van der Waals surface area contributed by atoms with Gasteiger partial charge in [-0.25, -0.2) is 9.78 Å². The van der Waals surface area contributed by atoms with Gasteiger partial charge in [-0.15, -0.1) is 0 Å². The number of allylic oxidation sites excluding steroid dienone is 1. The Labute approximate surface area is 208 Å². The number of pyridine rings is 1. The third-order valence-electron chi connectivity index (χ3n) is 6.84. The first kappa shape index (κ1) is 23.5. The zero-order valence-corrected chi connectivity index (χ0v) is 20.1. The molecule has 1 aliphatic carbocycles. The molecule has 7 heteroatoms. The summed E-state index contributed by atoms with van der Waals surface area (Å²) in [6, 6.07) is 15.4. The molecule has 0 bridgehead atoms. The van der Waals surface area contributed by atoms with Gasteiger partial charge < -0.3 is 9.84 Å². The fraction of sp³-hybridized carbons (Fsp3) is 0.207. The number of ether oxygens (including phenoxy) is 1. The Balaban J connectivity index is 1.78. The largest absolute Gasteiger partial charge is 0.481 e. The number of halogens is 1. The first-order chi connectivity index (χ1) is 17.5. The monoisotopic (exact) mass is 483 g/mol. The zero-order chi connectivity index (χ0) is 25.2. The predicted molar refractivity (Wildman–Crippen MR) is 138 cm³/mol. The van der Waals surface area contributed by atoms with E-state index in [0.717, 1.165) is 58.7 Å². The summed E-state index contributed by atoms with van der Waals surface area (Å²) in [6.45, 7) is 2.01. The highest BCUT2D eigenvalue weighted by atomic mass is 19.1. The summed E-state index contributed by atoms with van der Waals surface area (Å²) >= 11 is 0. The van der Waals surface area contributed by atoms with Crippen LogP contribution in [0.4, 0.5) is 4.39 Å². The van der Waals surface area contributed by atoms with Crippen molar-refractivity contribution in [2.24, 2.45) is 5.92 Å². The minimum Gasteiger partial charge on any atom is -0.481 e. The summed E-state index contributed by atoms with van der Waals surface area (Å²) in [5, 5.41) is 15.9. The van der Waals surface area contributed by atoms with Gasteiger partial charge in [0, 0.05) is 17.8 Å². The molecule has 0 amide bonds. The lowest BCUT2D eigenvalue weighted by Gasteiger charge is -2.32. The lowest BCUT2D eigenvalue weighted by Crippen LogP contribution is -2.16. The SMILES string of the molecule is COc1nccc(C(=C(c2ccc(/C=C/C(=O)O)cc2)c2ccc3n[nH]c(F)c3c2)C2CCC2)c1C. The van der Waals surface area contributed by atoms with Gasteiger partial charge in [-0.1, -0.05) is 36.8 Å². The average Bonchev–Trinajstić information content (AvgIpc) is 3.22. The summed E-state index contributed by atoms with van der Waals surface area (Å²) in [5.41, 5.74) is 7.39. The Morgan fingerprint density at radius 1 is 1.14 bits per heavy atom. The maximum absolute atomic E-state index is 14.5. The summed E-state index contributed by atoms with van der Waals surface area (Å²) in [7, 11) is 1.62. The molecule has 2 aromatic heterocycles. The second-order valence-electron chi connectivity index (χ2n) is 8.97. The lowest BCUT2D eigenvalue weighted by atomic mass is 9.72. The van der Waals surface area contributed by atoms with Crippen molar-refractivity contribution >= 4 is 34.1 Å². The quantitative estimate of drug-likeness (QED) is 0.303. The van der Waals surface area contributed by atoms with Crippen LogP contribution in [0.15, 0.2) is 60.8 Å². The Morgan fingerprint density at radius 2 is 1.89 bits per heavy atom. The molecule has 1 aliphatic rings. The molecule has 2 N–H and O–H groups in total. The molecule has 2 heterocycles. The van der Waals surface area contributed by atoms with E-state index in [9.17, 15) is 9.18 Å². The number of carboxylic acids is 1. The van der Waals surface area contributed by atoms with E-state index in [1.165, 1.54) is 5.57 Å². The van der Waals surface area contributed by atoms with E-state index in [1.807, 2.05) is 55.5 Å². The fourth-order valence-corrected chi connectivity index (χ4v) is 4.81. The molecule has 4 aromatic rings. The summed E-state index contributed by atoms with van der Waals surface area (Å²) in [6.07, 6.45) is 7.71. The maximum atomic E-state index is 14.5. The van der Waals surface area contributed by atoms with E-state index in [0.29, 0.717) is 22.7 Å². The summed E-state index contributed by atoms with van der Waals surface area (Å²) in [4.78, 5) is 15.3. The van der Waals surface area contributed by atoms with Crippen LogP contribution in [-0.4, -0.2) is 33.4 Å². The average molecular weight is 484 g/mol. The van der Waals surface area contributed by atoms with Crippen molar-refractivity contribution in [3.63, 3.8) is 0 Å². The van der Waals surface area contributed by atoms with Crippen molar-refractivity contribution < 1.29 is 19.0 Å². The van der Waals surface area contributed by atoms with Gasteiger partial charge >= 0.3 is 5.97 Å². The van der Waals surface area contributed by atoms with Gasteiger partial charge in [-0.05, 0) is 83.4 Å². The van der Waals surface area contributed by atoms with Crippen LogP contribution in [0.5, 0.6) is 5.88 Å². The minimum atomic E-state index is -0.996. The molecule has 0 spiro atoms. The number of aliphatic carboxylic acids is 1. The summed E-state index contributed by atoms with van der Waals surface area (Å²) in [5.74, 6) is -0.548. The third kappa shape index (κ3) is 4.40. The molecule has 1 saturated carbocycles. The smallest absolute Gasteiger partial charge is 0.328 e. The van der Waals surface area contributed by atoms with Crippen LogP contribution in [0, 0.1) is 18.8 Å². The fourth-order valence-electron chi connectivity index (χ4n) is 4.81. The number of aromatic nitrogens is 3. The molecule has 1 fully saturated rings. The van der Waals surface area contributed by atoms with Crippen LogP contribution >= 0.6 is 0 Å². The van der Waals surface area contributed by atoms with Gasteiger partial charge in [-0.2, -0.15) is 9.49 Å². The first-order valence-electron chi connectivity index (χ1n) is 11.9. The molecule has 0 radical (unpaired) electrons. The number of fused-ring (bicyclic) bond motifs is 1. The molecule has 36 heavy (non-hydrogen) atoms. The lowest BCUT2D eigenvalue weighted by molar-refractivity contribution is -0.131. The van der Waals surface area contributed by atoms with Crippen LogP contribution in [0.25, 0.3) is 28.1 Å². The maximum Gasteiger partial charge on any atom is 0.328 e. The molecule has 0 atom stereocenters. The van der Waals surface area contributed by atoms with Crippen LogP contribution in [0.1, 0.15) is 47.1 Å². The van der Waals surface area contributed by atoms with Crippen molar-refractivity contribution in [2.45, 2.75) is 26.2 Å². The molecule has 0 unspecified atom stereocenters. The molecule has 0 saturated heterocycles. The second-order valence-corrected chi connectivity index (χ2v) is 8.97. The van der Waals surface area contributed by atoms with Gasteiger partial charge in [0.1, 0.15) is 0 Å². The minimum absolute atomic E-state index is 0.335. The zero-order valence-electron chi connectivity index (χ0n) is 20.1. The number of hydrogen-bond donors (Lipinski definition) is 2. The Morgan fingerprint density at radius 3 is 2.56 bits per heavy atom. The topological polar surface area (TPSA) is 88.1 Å². The van der Waals surface area contributed by atoms with Gasteiger partial charge in [0.25, 0.3) is 0 Å². The van der Waals surface area contributed by atoms with E-state index >= 15 is 0 Å². The van der Waals surface area contributed by atoms with Crippen molar-refractivity contribution in [2.75, 3.05) is 7.11 Å². The van der Waals surface area contributed by atoms with E-state index in [2.05, 4.69) is 15.2 Å². The predicted octanol–water partition coefficient (Wildman–Crippen LogP) is 6.27. The van der Waals surface area contributed by atoms with Crippen LogP contribution in [-0.2, 0) is 4.79 Å². The van der Waals surface area contributed by atoms with Crippen molar-refractivity contribution in [1.82, 2.24) is 15.2 Å². The van der Waals surface area contributed by atoms with Gasteiger partial charge in [0.05, 0.1) is 18.0 Å². The number of nitrogens with one attached hydrogen (secondary N) is 1. The number of nitrogens with zero attached hydrogens (tertiary/aromatic N) is 2. The van der Waals surface area contributed by atoms with Crippen LogP contribution in [0.2, 0.25) is 0 Å². The van der Waals surface area contributed by atoms with E-state index in [1.54, 1.807) is 19.4 Å². The summed E-state index contributed by atoms with van der Waals surface area (Å²) < 4.78 is 20.0. The Kier molecular flexibility index (Phi) is 6.38. The number of benzene rings is 2. The molecule has 5 rings (SSSR count). The highest BCUT2D eigenvalue weighted by Gasteiger charge is 2.29. The number of rotatable bonds is 7. The first-order valence-corrected chi connectivity index (χ1v) is 11.9. The number of H-pyrrole nitrogens is 1. The van der Waals surface area contributed by atoms with Crippen molar-refractivity contribution in [3.05, 3.63) is 94.6 Å². The second kappa shape index (κ2) is 9.77. The van der Waals surface area contributed by atoms with Crippen molar-refractivity contribution in [1.29, 1.82) is 0 Å². The van der Waals surface area contributed by atoms with Crippen LogP contribution < -0.4 is 4.74 Å². The molecule has 0 aliphatic heterocycles. The number of aromatic amines is 1. The molecular weight excluding hydrogens is 457 g/mol. The van der Waals surface area contributed by atoms with Gasteiger partial charge in [-0.3, -0.25) is 5.10 Å². The number of hydrogen-bond acceptors (Lipinski definition) is 4.